The number of nitrogens with one attached hydrogen (secondary N) is 1. The van der Waals surface area contributed by atoms with Crippen LogP contribution in [0, 0.1) is 6.92 Å². The van der Waals surface area contributed by atoms with Gasteiger partial charge >= 0.3 is 0 Å². The van der Waals surface area contributed by atoms with Crippen molar-refractivity contribution in [3.05, 3.63) is 59.7 Å². The van der Waals surface area contributed by atoms with Crippen molar-refractivity contribution in [1.82, 2.24) is 5.32 Å². The van der Waals surface area contributed by atoms with E-state index in [-0.39, 0.29) is 0 Å². The first-order valence-electron chi connectivity index (χ1n) is 5.77. The molecule has 0 fully saturated rings. The van der Waals surface area contributed by atoms with E-state index in [9.17, 15) is 0 Å². The van der Waals surface area contributed by atoms with Crippen LogP contribution in [-0.4, -0.2) is 7.05 Å². The minimum absolute atomic E-state index is 0.912. The highest BCUT2D eigenvalue weighted by atomic mass is 32.2. The molecule has 2 rings (SSSR count). The number of hydrogen-bond acceptors (Lipinski definition) is 2. The predicted molar refractivity (Wildman–Crippen MR) is 74.5 cm³/mol. The average molecular weight is 243 g/mol. The van der Waals surface area contributed by atoms with Gasteiger partial charge < -0.3 is 5.32 Å². The first kappa shape index (κ1) is 12.2. The average Bonchev–Trinajstić information content (AvgIpc) is 2.35. The van der Waals surface area contributed by atoms with Crippen molar-refractivity contribution in [3.63, 3.8) is 0 Å². The van der Waals surface area contributed by atoms with Crippen LogP contribution in [0.15, 0.2) is 58.3 Å². The molecule has 0 heterocycles. The molecular formula is C15H17NS. The number of aryl methyl sites for hydroxylation is 1. The Kier molecular flexibility index (Phi) is 4.24. The summed E-state index contributed by atoms with van der Waals surface area (Å²) >= 11 is 1.84. The third kappa shape index (κ3) is 3.11. The summed E-state index contributed by atoms with van der Waals surface area (Å²) in [4.78, 5) is 2.66. The van der Waals surface area contributed by atoms with Gasteiger partial charge in [0.2, 0.25) is 0 Å². The standard InChI is InChI=1S/C15H17NS/c1-12-7-3-5-9-14(12)17-15-10-6-4-8-13(15)11-16-2/h3-10,16H,11H2,1-2H3. The van der Waals surface area contributed by atoms with Crippen LogP contribution in [-0.2, 0) is 6.54 Å². The van der Waals surface area contributed by atoms with E-state index in [0.29, 0.717) is 0 Å². The van der Waals surface area contributed by atoms with Crippen LogP contribution in [0.4, 0.5) is 0 Å². The van der Waals surface area contributed by atoms with E-state index in [4.69, 9.17) is 0 Å². The summed E-state index contributed by atoms with van der Waals surface area (Å²) in [6.45, 7) is 3.07. The fraction of sp³-hybridized carbons (Fsp3) is 0.200. The smallest absolute Gasteiger partial charge is 0.0213 e. The van der Waals surface area contributed by atoms with Crippen molar-refractivity contribution in [3.8, 4) is 0 Å². The molecule has 1 nitrogen and oxygen atoms in total. The van der Waals surface area contributed by atoms with Crippen LogP contribution < -0.4 is 5.32 Å². The Hall–Kier alpha value is -1.25. The second-order valence-electron chi connectivity index (χ2n) is 4.01. The van der Waals surface area contributed by atoms with E-state index in [1.807, 2.05) is 18.8 Å². The minimum Gasteiger partial charge on any atom is -0.316 e. The SMILES string of the molecule is CNCc1ccccc1Sc1ccccc1C. The van der Waals surface area contributed by atoms with Crippen molar-refractivity contribution in [2.24, 2.45) is 0 Å². The van der Waals surface area contributed by atoms with E-state index in [1.165, 1.54) is 20.9 Å². The normalized spacial score (nSPS) is 10.5. The largest absolute Gasteiger partial charge is 0.316 e. The van der Waals surface area contributed by atoms with Crippen molar-refractivity contribution in [2.75, 3.05) is 7.05 Å². The summed E-state index contributed by atoms with van der Waals surface area (Å²) in [6.07, 6.45) is 0. The lowest BCUT2D eigenvalue weighted by molar-refractivity contribution is 0.803. The minimum atomic E-state index is 0.912. The summed E-state index contributed by atoms with van der Waals surface area (Å²) < 4.78 is 0. The second-order valence-corrected chi connectivity index (χ2v) is 5.09. The molecule has 0 bridgehead atoms. The summed E-state index contributed by atoms with van der Waals surface area (Å²) in [6, 6.07) is 17.1. The Balaban J connectivity index is 2.27. The predicted octanol–water partition coefficient (Wildman–Crippen LogP) is 3.87. The Morgan fingerprint density at radius 3 is 2.29 bits per heavy atom. The maximum Gasteiger partial charge on any atom is 0.0213 e. The fourth-order valence-corrected chi connectivity index (χ4v) is 2.76. The van der Waals surface area contributed by atoms with Crippen LogP contribution in [0.3, 0.4) is 0 Å². The van der Waals surface area contributed by atoms with Gasteiger partial charge in [-0.05, 0) is 37.2 Å². The molecule has 17 heavy (non-hydrogen) atoms. The van der Waals surface area contributed by atoms with E-state index < -0.39 is 0 Å². The van der Waals surface area contributed by atoms with Gasteiger partial charge in [-0.1, -0.05) is 48.2 Å². The molecule has 2 aromatic carbocycles. The number of rotatable bonds is 4. The zero-order valence-electron chi connectivity index (χ0n) is 10.2. The zero-order chi connectivity index (χ0) is 12.1. The summed E-state index contributed by atoms with van der Waals surface area (Å²) in [5.41, 5.74) is 2.68. The third-order valence-corrected chi connectivity index (χ3v) is 3.95. The molecule has 0 aromatic heterocycles. The molecule has 0 amide bonds. The molecule has 0 saturated carbocycles. The number of hydrogen-bond donors (Lipinski definition) is 1. The molecule has 0 spiro atoms. The van der Waals surface area contributed by atoms with Gasteiger partial charge in [-0.15, -0.1) is 0 Å². The zero-order valence-corrected chi connectivity index (χ0v) is 11.1. The van der Waals surface area contributed by atoms with Gasteiger partial charge in [0.25, 0.3) is 0 Å². The maximum atomic E-state index is 3.21. The van der Waals surface area contributed by atoms with Crippen molar-refractivity contribution < 1.29 is 0 Å². The van der Waals surface area contributed by atoms with Crippen LogP contribution in [0.5, 0.6) is 0 Å². The molecule has 1 N–H and O–H groups in total. The van der Waals surface area contributed by atoms with E-state index in [0.717, 1.165) is 6.54 Å². The summed E-state index contributed by atoms with van der Waals surface area (Å²) in [5.74, 6) is 0. The molecule has 0 saturated heterocycles. The molecule has 88 valence electrons. The van der Waals surface area contributed by atoms with Crippen LogP contribution in [0.1, 0.15) is 11.1 Å². The first-order valence-corrected chi connectivity index (χ1v) is 6.59. The topological polar surface area (TPSA) is 12.0 Å². The number of benzene rings is 2. The molecule has 0 aliphatic carbocycles. The Morgan fingerprint density at radius 2 is 1.59 bits per heavy atom. The molecule has 0 unspecified atom stereocenters. The molecule has 0 aliphatic heterocycles. The Labute approximate surface area is 107 Å². The molecule has 2 aromatic rings. The molecule has 2 heteroatoms. The van der Waals surface area contributed by atoms with Crippen LogP contribution >= 0.6 is 11.8 Å². The lowest BCUT2D eigenvalue weighted by Crippen LogP contribution is -2.05. The third-order valence-electron chi connectivity index (χ3n) is 2.65. The highest BCUT2D eigenvalue weighted by Gasteiger charge is 2.04. The van der Waals surface area contributed by atoms with E-state index >= 15 is 0 Å². The van der Waals surface area contributed by atoms with Crippen LogP contribution in [0.2, 0.25) is 0 Å². The van der Waals surface area contributed by atoms with Gasteiger partial charge in [-0.3, -0.25) is 0 Å². The van der Waals surface area contributed by atoms with Gasteiger partial charge in [-0.2, -0.15) is 0 Å². The Morgan fingerprint density at radius 1 is 0.941 bits per heavy atom. The maximum absolute atomic E-state index is 3.21. The lowest BCUT2D eigenvalue weighted by atomic mass is 10.2. The van der Waals surface area contributed by atoms with Crippen molar-refractivity contribution in [1.29, 1.82) is 0 Å². The summed E-state index contributed by atoms with van der Waals surface area (Å²) in [5, 5.41) is 3.21. The monoisotopic (exact) mass is 243 g/mol. The fourth-order valence-electron chi connectivity index (χ4n) is 1.73. The Bertz CT molecular complexity index is 494. The van der Waals surface area contributed by atoms with Crippen molar-refractivity contribution >= 4 is 11.8 Å². The van der Waals surface area contributed by atoms with Gasteiger partial charge in [0, 0.05) is 16.3 Å². The lowest BCUT2D eigenvalue weighted by Gasteiger charge is -2.10. The highest BCUT2D eigenvalue weighted by Crippen LogP contribution is 2.32. The summed E-state index contributed by atoms with van der Waals surface area (Å²) in [7, 11) is 1.98. The van der Waals surface area contributed by atoms with E-state index in [2.05, 4.69) is 60.8 Å². The molecule has 0 aliphatic rings. The quantitative estimate of drug-likeness (QED) is 0.875. The molecule has 0 radical (unpaired) electrons. The van der Waals surface area contributed by atoms with Gasteiger partial charge in [0.15, 0.2) is 0 Å². The second kappa shape index (κ2) is 5.89. The molecular weight excluding hydrogens is 226 g/mol. The van der Waals surface area contributed by atoms with E-state index in [1.54, 1.807) is 0 Å². The molecule has 0 atom stereocenters. The van der Waals surface area contributed by atoms with Crippen molar-refractivity contribution in [2.45, 2.75) is 23.3 Å². The van der Waals surface area contributed by atoms with Crippen LogP contribution in [0.25, 0.3) is 0 Å². The first-order chi connectivity index (χ1) is 8.31. The highest BCUT2D eigenvalue weighted by molar-refractivity contribution is 7.99. The van der Waals surface area contributed by atoms with Gasteiger partial charge in [0.05, 0.1) is 0 Å². The van der Waals surface area contributed by atoms with Gasteiger partial charge in [-0.25, -0.2) is 0 Å². The van der Waals surface area contributed by atoms with Gasteiger partial charge in [0.1, 0.15) is 0 Å².